The molecule has 4 aromatic heterocycles. The summed E-state index contributed by atoms with van der Waals surface area (Å²) in [6.45, 7) is 6.19. The Kier molecular flexibility index (Phi) is 6.74. The van der Waals surface area contributed by atoms with Gasteiger partial charge in [-0.15, -0.1) is 0 Å². The molecule has 0 unspecified atom stereocenters. The van der Waals surface area contributed by atoms with Crippen LogP contribution in [0.25, 0.3) is 49.9 Å². The molecule has 0 spiro atoms. The Hall–Kier alpha value is -4.25. The molecule has 1 aliphatic carbocycles. The van der Waals surface area contributed by atoms with E-state index in [1.807, 2.05) is 24.5 Å². The van der Waals surface area contributed by atoms with Crippen molar-refractivity contribution in [3.05, 3.63) is 97.1 Å². The van der Waals surface area contributed by atoms with E-state index in [0.717, 1.165) is 67.9 Å². The highest BCUT2D eigenvalue weighted by Crippen LogP contribution is 2.35. The van der Waals surface area contributed by atoms with Crippen LogP contribution in [0.2, 0.25) is 0 Å². The van der Waals surface area contributed by atoms with Crippen LogP contribution in [0.5, 0.6) is 0 Å². The third-order valence-electron chi connectivity index (χ3n) is 7.80. The van der Waals surface area contributed by atoms with Gasteiger partial charge in [-0.25, -0.2) is 0 Å². The van der Waals surface area contributed by atoms with Crippen LogP contribution in [0.4, 0.5) is 0 Å². The lowest BCUT2D eigenvalue weighted by atomic mass is 9.84. The molecular formula is C33H33N5. The fraction of sp³-hybridized carbons (Fsp3) is 0.242. The maximum absolute atomic E-state index is 4.78. The lowest BCUT2D eigenvalue weighted by Crippen LogP contribution is -2.06. The van der Waals surface area contributed by atoms with Gasteiger partial charge in [0, 0.05) is 34.2 Å². The first-order valence-electron chi connectivity index (χ1n) is 13.6. The predicted molar refractivity (Wildman–Crippen MR) is 158 cm³/mol. The largest absolute Gasteiger partial charge is 0.353 e. The normalized spacial score (nSPS) is 15.4. The van der Waals surface area contributed by atoms with E-state index >= 15 is 0 Å². The summed E-state index contributed by atoms with van der Waals surface area (Å²) >= 11 is 0. The lowest BCUT2D eigenvalue weighted by Gasteiger charge is -2.22. The second-order valence-corrected chi connectivity index (χ2v) is 10.3. The van der Waals surface area contributed by atoms with Gasteiger partial charge in [-0.2, -0.15) is 5.10 Å². The van der Waals surface area contributed by atoms with Crippen LogP contribution in [0.1, 0.15) is 51.1 Å². The molecule has 1 fully saturated rings. The number of pyridine rings is 2. The maximum atomic E-state index is 4.78. The minimum atomic E-state index is 0.764. The van der Waals surface area contributed by atoms with E-state index in [1.54, 1.807) is 6.20 Å². The highest BCUT2D eigenvalue weighted by atomic mass is 15.1. The molecule has 1 saturated carbocycles. The van der Waals surface area contributed by atoms with Crippen molar-refractivity contribution in [1.82, 2.24) is 25.1 Å². The molecule has 5 nitrogen and oxygen atoms in total. The number of fused-ring (bicyclic) bond motifs is 2. The summed E-state index contributed by atoms with van der Waals surface area (Å²) in [5.74, 6) is 0.764. The van der Waals surface area contributed by atoms with E-state index in [0.29, 0.717) is 0 Å². The first-order valence-corrected chi connectivity index (χ1v) is 13.6. The molecule has 2 N–H and O–H groups in total. The van der Waals surface area contributed by atoms with Crippen LogP contribution in [0, 0.1) is 5.92 Å². The van der Waals surface area contributed by atoms with Gasteiger partial charge in [-0.1, -0.05) is 69.0 Å². The second-order valence-electron chi connectivity index (χ2n) is 10.3. The number of aromatic nitrogens is 5. The Morgan fingerprint density at radius 2 is 1.92 bits per heavy atom. The molecule has 4 heterocycles. The molecule has 6 rings (SSSR count). The Balaban J connectivity index is 1.36. The lowest BCUT2D eigenvalue weighted by molar-refractivity contribution is 0.358. The molecule has 190 valence electrons. The van der Waals surface area contributed by atoms with Crippen molar-refractivity contribution >= 4 is 27.4 Å². The van der Waals surface area contributed by atoms with Crippen molar-refractivity contribution in [2.45, 2.75) is 45.4 Å². The summed E-state index contributed by atoms with van der Waals surface area (Å²) in [4.78, 5) is 12.7. The van der Waals surface area contributed by atoms with Crippen molar-refractivity contribution in [3.8, 4) is 22.5 Å². The number of nitrogens with zero attached hydrogens (tertiary/aromatic N) is 3. The van der Waals surface area contributed by atoms with E-state index in [9.17, 15) is 0 Å². The van der Waals surface area contributed by atoms with E-state index in [2.05, 4.69) is 82.2 Å². The van der Waals surface area contributed by atoms with Crippen LogP contribution in [-0.4, -0.2) is 25.1 Å². The molecule has 1 aliphatic rings. The minimum Gasteiger partial charge on any atom is -0.353 e. The van der Waals surface area contributed by atoms with Crippen molar-refractivity contribution in [2.24, 2.45) is 5.92 Å². The zero-order valence-electron chi connectivity index (χ0n) is 21.9. The van der Waals surface area contributed by atoms with Crippen LogP contribution >= 0.6 is 0 Å². The molecule has 38 heavy (non-hydrogen) atoms. The average Bonchev–Trinajstić information content (AvgIpc) is 3.60. The number of hydrogen-bond donors (Lipinski definition) is 2. The predicted octanol–water partition coefficient (Wildman–Crippen LogP) is 8.65. The van der Waals surface area contributed by atoms with Gasteiger partial charge in [0.15, 0.2) is 0 Å². The number of rotatable bonds is 7. The summed E-state index contributed by atoms with van der Waals surface area (Å²) in [5.41, 5.74) is 9.44. The van der Waals surface area contributed by atoms with E-state index in [1.165, 1.54) is 37.7 Å². The van der Waals surface area contributed by atoms with Gasteiger partial charge in [0.25, 0.3) is 0 Å². The zero-order chi connectivity index (χ0) is 25.9. The Bertz CT molecular complexity index is 1650. The number of hydrogen-bond acceptors (Lipinski definition) is 3. The Morgan fingerprint density at radius 1 is 1.03 bits per heavy atom. The molecule has 0 saturated heterocycles. The summed E-state index contributed by atoms with van der Waals surface area (Å²) < 4.78 is 0. The van der Waals surface area contributed by atoms with Gasteiger partial charge in [0.05, 0.1) is 23.1 Å². The van der Waals surface area contributed by atoms with Crippen molar-refractivity contribution in [2.75, 3.05) is 0 Å². The molecule has 0 bridgehead atoms. The summed E-state index contributed by atoms with van der Waals surface area (Å²) in [5, 5.41) is 10.1. The number of benzene rings is 1. The third-order valence-corrected chi connectivity index (χ3v) is 7.80. The second kappa shape index (κ2) is 10.6. The summed E-state index contributed by atoms with van der Waals surface area (Å²) in [6, 6.07) is 14.7. The van der Waals surface area contributed by atoms with E-state index in [4.69, 9.17) is 4.98 Å². The topological polar surface area (TPSA) is 70.2 Å². The quantitative estimate of drug-likeness (QED) is 0.220. The molecular weight excluding hydrogens is 466 g/mol. The van der Waals surface area contributed by atoms with Gasteiger partial charge in [0.2, 0.25) is 0 Å². The summed E-state index contributed by atoms with van der Waals surface area (Å²) in [6.07, 6.45) is 19.8. The van der Waals surface area contributed by atoms with Gasteiger partial charge < -0.3 is 4.98 Å². The number of nitrogens with one attached hydrogen (secondary N) is 2. The minimum absolute atomic E-state index is 0.764. The number of H-pyrrole nitrogens is 2. The molecule has 5 aromatic rings. The van der Waals surface area contributed by atoms with Crippen LogP contribution in [0.15, 0.2) is 91.4 Å². The highest BCUT2D eigenvalue weighted by molar-refractivity contribution is 6.01. The Morgan fingerprint density at radius 3 is 2.71 bits per heavy atom. The van der Waals surface area contributed by atoms with Gasteiger partial charge >= 0.3 is 0 Å². The molecule has 0 aliphatic heterocycles. The molecule has 1 aromatic carbocycles. The SMILES string of the molecule is C=C/C(=C\C(=C/C)c1cc2c(-c3cc4c(-c5cccnc5)cccc4[nH]3)n[nH]c2cn1)CC1CCCCC1. The number of allylic oxidation sites excluding steroid dienone is 5. The van der Waals surface area contributed by atoms with Gasteiger partial charge in [-0.05, 0) is 66.3 Å². The maximum Gasteiger partial charge on any atom is 0.116 e. The third kappa shape index (κ3) is 4.72. The fourth-order valence-electron chi connectivity index (χ4n) is 5.77. The Labute approximate surface area is 223 Å². The monoisotopic (exact) mass is 499 g/mol. The van der Waals surface area contributed by atoms with Gasteiger partial charge in [0.1, 0.15) is 5.69 Å². The van der Waals surface area contributed by atoms with Crippen molar-refractivity contribution in [3.63, 3.8) is 0 Å². The van der Waals surface area contributed by atoms with Crippen LogP contribution in [-0.2, 0) is 0 Å². The standard InChI is InChI=1S/C33H33N5/c1-3-22(16-23-10-6-5-7-11-23)17-24(4-2)30-19-28-32(21-35-30)37-38-33(28)31-18-27-26(13-8-14-29(27)36-31)25-12-9-15-34-20-25/h3-4,8-9,12-15,17-21,23,36H,1,5-7,10-11,16H2,2H3,(H,37,38)/b22-17+,24-4+. The molecule has 0 amide bonds. The zero-order valence-corrected chi connectivity index (χ0v) is 21.9. The first-order chi connectivity index (χ1) is 18.7. The van der Waals surface area contributed by atoms with Crippen molar-refractivity contribution < 1.29 is 0 Å². The van der Waals surface area contributed by atoms with E-state index in [-0.39, 0.29) is 0 Å². The number of aromatic amines is 2. The average molecular weight is 500 g/mol. The fourth-order valence-corrected chi connectivity index (χ4v) is 5.77. The first kappa shape index (κ1) is 24.1. The van der Waals surface area contributed by atoms with Crippen LogP contribution < -0.4 is 0 Å². The van der Waals surface area contributed by atoms with E-state index < -0.39 is 0 Å². The highest BCUT2D eigenvalue weighted by Gasteiger charge is 2.17. The molecule has 0 atom stereocenters. The van der Waals surface area contributed by atoms with Crippen LogP contribution in [0.3, 0.4) is 0 Å². The molecule has 5 heteroatoms. The molecule has 0 radical (unpaired) electrons. The smallest absolute Gasteiger partial charge is 0.116 e. The summed E-state index contributed by atoms with van der Waals surface area (Å²) in [7, 11) is 0. The van der Waals surface area contributed by atoms with Crippen molar-refractivity contribution in [1.29, 1.82) is 0 Å². The van der Waals surface area contributed by atoms with Gasteiger partial charge in [-0.3, -0.25) is 15.1 Å².